The maximum atomic E-state index is 6.28. The molecule has 0 fully saturated rings. The molecule has 5 heteroatoms. The van der Waals surface area contributed by atoms with Gasteiger partial charge in [-0.25, -0.2) is 0 Å². The topological polar surface area (TPSA) is 34.1 Å². The van der Waals surface area contributed by atoms with Crippen LogP contribution in [0.2, 0.25) is 0 Å². The molecule has 0 amide bonds. The van der Waals surface area contributed by atoms with Gasteiger partial charge in [-0.1, -0.05) is 30.3 Å². The van der Waals surface area contributed by atoms with Crippen LogP contribution in [0.1, 0.15) is 18.1 Å². The van der Waals surface area contributed by atoms with Crippen molar-refractivity contribution < 1.29 is 4.74 Å². The molecule has 0 saturated heterocycles. The Balaban J connectivity index is 0.00000176. The number of pyridine rings is 1. The molecule has 0 saturated carbocycles. The molecule has 3 rings (SSSR count). The number of rotatable bonds is 6. The molecule has 2 heterocycles. The molecule has 22 heavy (non-hydrogen) atoms. The normalized spacial score (nSPS) is 11.9. The molecule has 0 radical (unpaired) electrons. The Hall–Kier alpha value is -1.62. The summed E-state index contributed by atoms with van der Waals surface area (Å²) in [6.07, 6.45) is 4.65. The Labute approximate surface area is 140 Å². The first-order valence-corrected chi connectivity index (χ1v) is 7.94. The minimum Gasteiger partial charge on any atom is -0.483 e. The van der Waals surface area contributed by atoms with Gasteiger partial charge in [0.1, 0.15) is 6.10 Å². The van der Waals surface area contributed by atoms with Crippen LogP contribution in [-0.2, 0) is 0 Å². The lowest BCUT2D eigenvalue weighted by Crippen LogP contribution is -2.16. The van der Waals surface area contributed by atoms with Crippen LogP contribution >= 0.6 is 23.7 Å². The van der Waals surface area contributed by atoms with Crippen LogP contribution in [0.25, 0.3) is 10.1 Å². The molecule has 3 aromatic rings. The van der Waals surface area contributed by atoms with E-state index in [1.807, 2.05) is 25.5 Å². The predicted molar refractivity (Wildman–Crippen MR) is 95.2 cm³/mol. The van der Waals surface area contributed by atoms with Gasteiger partial charge < -0.3 is 10.1 Å². The number of halogens is 1. The second-order valence-corrected chi connectivity index (χ2v) is 5.80. The van der Waals surface area contributed by atoms with E-state index < -0.39 is 0 Å². The van der Waals surface area contributed by atoms with Gasteiger partial charge in [0.05, 0.1) is 10.9 Å². The zero-order valence-electron chi connectivity index (χ0n) is 12.4. The Kier molecular flexibility index (Phi) is 6.19. The predicted octanol–water partition coefficient (Wildman–Crippen LogP) is 4.45. The first-order valence-electron chi connectivity index (χ1n) is 7.06. The summed E-state index contributed by atoms with van der Waals surface area (Å²) in [5.41, 5.74) is 1.20. The van der Waals surface area contributed by atoms with Crippen molar-refractivity contribution in [2.45, 2.75) is 12.5 Å². The molecule has 0 aliphatic heterocycles. The molecule has 0 aliphatic rings. The van der Waals surface area contributed by atoms with Crippen LogP contribution in [0.15, 0.2) is 54.2 Å². The van der Waals surface area contributed by atoms with Crippen molar-refractivity contribution in [3.63, 3.8) is 0 Å². The number of benzene rings is 1. The molecular formula is C17H19ClN2OS. The number of fused-ring (bicyclic) bond motifs is 1. The number of aromatic nitrogens is 1. The lowest BCUT2D eigenvalue weighted by atomic mass is 10.1. The van der Waals surface area contributed by atoms with Crippen molar-refractivity contribution in [2.24, 2.45) is 0 Å². The van der Waals surface area contributed by atoms with Crippen molar-refractivity contribution in [3.8, 4) is 5.75 Å². The van der Waals surface area contributed by atoms with Crippen molar-refractivity contribution in [2.75, 3.05) is 13.6 Å². The minimum atomic E-state index is 0. The molecule has 1 atom stereocenters. The van der Waals surface area contributed by atoms with Gasteiger partial charge in [-0.3, -0.25) is 4.98 Å². The summed E-state index contributed by atoms with van der Waals surface area (Å²) in [6.45, 7) is 0.910. The highest BCUT2D eigenvalue weighted by molar-refractivity contribution is 7.17. The summed E-state index contributed by atoms with van der Waals surface area (Å²) in [5.74, 6) is 0.868. The molecule has 0 spiro atoms. The summed E-state index contributed by atoms with van der Waals surface area (Å²) in [5, 5.41) is 6.40. The molecule has 1 aromatic carbocycles. The van der Waals surface area contributed by atoms with Gasteiger partial charge in [-0.05, 0) is 30.6 Å². The standard InChI is InChI=1S/C17H18N2OS.ClH/c1-18-9-7-15(13-5-3-2-4-6-13)20-16-12-19-11-14-8-10-21-17(14)16;/h2-6,8,10-12,15,18H,7,9H2,1H3;1H/t15-;/m0./s1. The third-order valence-electron chi connectivity index (χ3n) is 3.42. The second kappa shape index (κ2) is 8.13. The SMILES string of the molecule is CNCC[C@H](Oc1cncc2ccsc12)c1ccccc1.Cl. The van der Waals surface area contributed by atoms with E-state index in [9.17, 15) is 0 Å². The van der Waals surface area contributed by atoms with Crippen LogP contribution in [0, 0.1) is 0 Å². The van der Waals surface area contributed by atoms with Gasteiger partial charge in [0.25, 0.3) is 0 Å². The van der Waals surface area contributed by atoms with Gasteiger partial charge in [0, 0.05) is 18.0 Å². The van der Waals surface area contributed by atoms with Crippen LogP contribution in [0.4, 0.5) is 0 Å². The van der Waals surface area contributed by atoms with Gasteiger partial charge in [-0.2, -0.15) is 0 Å². The highest BCUT2D eigenvalue weighted by Crippen LogP contribution is 2.33. The van der Waals surface area contributed by atoms with Crippen LogP contribution < -0.4 is 10.1 Å². The third-order valence-corrected chi connectivity index (χ3v) is 4.37. The second-order valence-electron chi connectivity index (χ2n) is 4.89. The zero-order chi connectivity index (χ0) is 14.5. The van der Waals surface area contributed by atoms with E-state index >= 15 is 0 Å². The lowest BCUT2D eigenvalue weighted by Gasteiger charge is -2.19. The van der Waals surface area contributed by atoms with Gasteiger partial charge in [0.15, 0.2) is 5.75 Å². The van der Waals surface area contributed by atoms with Crippen LogP contribution in [-0.4, -0.2) is 18.6 Å². The number of nitrogens with one attached hydrogen (secondary N) is 1. The fourth-order valence-electron chi connectivity index (χ4n) is 2.34. The average molecular weight is 335 g/mol. The van der Waals surface area contributed by atoms with Crippen molar-refractivity contribution >= 4 is 33.8 Å². The zero-order valence-corrected chi connectivity index (χ0v) is 14.0. The molecule has 1 N–H and O–H groups in total. The third kappa shape index (κ3) is 3.77. The van der Waals surface area contributed by atoms with E-state index in [4.69, 9.17) is 4.74 Å². The Bertz CT molecular complexity index is 702. The highest BCUT2D eigenvalue weighted by atomic mass is 35.5. The van der Waals surface area contributed by atoms with E-state index in [1.54, 1.807) is 11.3 Å². The minimum absolute atomic E-state index is 0. The quantitative estimate of drug-likeness (QED) is 0.723. The smallest absolute Gasteiger partial charge is 0.156 e. The fourth-order valence-corrected chi connectivity index (χ4v) is 3.16. The molecule has 0 unspecified atom stereocenters. The Morgan fingerprint density at radius 1 is 1.18 bits per heavy atom. The lowest BCUT2D eigenvalue weighted by molar-refractivity contribution is 0.197. The van der Waals surface area contributed by atoms with E-state index in [0.29, 0.717) is 0 Å². The van der Waals surface area contributed by atoms with Crippen LogP contribution in [0.3, 0.4) is 0 Å². The van der Waals surface area contributed by atoms with Crippen molar-refractivity contribution in [1.82, 2.24) is 10.3 Å². The van der Waals surface area contributed by atoms with Crippen molar-refractivity contribution in [1.29, 1.82) is 0 Å². The molecule has 0 bridgehead atoms. The molecule has 0 aliphatic carbocycles. The fraction of sp³-hybridized carbons (Fsp3) is 0.235. The molecule has 3 nitrogen and oxygen atoms in total. The van der Waals surface area contributed by atoms with Gasteiger partial charge >= 0.3 is 0 Å². The average Bonchev–Trinajstić information content (AvgIpc) is 3.01. The van der Waals surface area contributed by atoms with Gasteiger partial charge in [0.2, 0.25) is 0 Å². The highest BCUT2D eigenvalue weighted by Gasteiger charge is 2.15. The molecule has 2 aromatic heterocycles. The van der Waals surface area contributed by atoms with E-state index in [-0.39, 0.29) is 18.5 Å². The monoisotopic (exact) mass is 334 g/mol. The maximum Gasteiger partial charge on any atom is 0.156 e. The summed E-state index contributed by atoms with van der Waals surface area (Å²) in [7, 11) is 1.96. The Morgan fingerprint density at radius 2 is 2.00 bits per heavy atom. The van der Waals surface area contributed by atoms with Crippen LogP contribution in [0.5, 0.6) is 5.75 Å². The summed E-state index contributed by atoms with van der Waals surface area (Å²) < 4.78 is 7.44. The van der Waals surface area contributed by atoms with E-state index in [0.717, 1.165) is 28.8 Å². The van der Waals surface area contributed by atoms with E-state index in [1.165, 1.54) is 5.56 Å². The number of thiophene rings is 1. The summed E-state index contributed by atoms with van der Waals surface area (Å²) in [4.78, 5) is 4.28. The molecule has 116 valence electrons. The van der Waals surface area contributed by atoms with Crippen molar-refractivity contribution in [3.05, 3.63) is 59.7 Å². The number of ether oxygens (including phenoxy) is 1. The van der Waals surface area contributed by atoms with E-state index in [2.05, 4.69) is 46.0 Å². The first-order chi connectivity index (χ1) is 10.4. The summed E-state index contributed by atoms with van der Waals surface area (Å²) in [6, 6.07) is 12.4. The molecular weight excluding hydrogens is 316 g/mol. The largest absolute Gasteiger partial charge is 0.483 e. The first kappa shape index (κ1) is 16.7. The summed E-state index contributed by atoms with van der Waals surface area (Å²) >= 11 is 1.69. The Morgan fingerprint density at radius 3 is 2.77 bits per heavy atom. The van der Waals surface area contributed by atoms with Gasteiger partial charge in [-0.15, -0.1) is 23.7 Å². The number of hydrogen-bond acceptors (Lipinski definition) is 4. The number of hydrogen-bond donors (Lipinski definition) is 1. The number of nitrogens with zero attached hydrogens (tertiary/aromatic N) is 1. The maximum absolute atomic E-state index is 6.28.